The Hall–Kier alpha value is -1.89. The summed E-state index contributed by atoms with van der Waals surface area (Å²) in [6.45, 7) is 6.10. The predicted molar refractivity (Wildman–Crippen MR) is 74.0 cm³/mol. The Labute approximate surface area is 118 Å². The average Bonchev–Trinajstić information content (AvgIpc) is 2.64. The standard InChI is InChI=1S/C13H21N5O2/c1-9-11(10(2)17(3)16-9)6-15-12(19)8-18-5-4-14-7-13(18)20/h14H,4-8H2,1-3H3,(H,15,19). The maximum atomic E-state index is 11.9. The van der Waals surface area contributed by atoms with Gasteiger partial charge >= 0.3 is 0 Å². The third kappa shape index (κ3) is 3.16. The van der Waals surface area contributed by atoms with E-state index in [0.29, 0.717) is 19.6 Å². The Balaban J connectivity index is 1.87. The Morgan fingerprint density at radius 2 is 2.20 bits per heavy atom. The molecule has 1 aliphatic heterocycles. The summed E-state index contributed by atoms with van der Waals surface area (Å²) in [7, 11) is 1.88. The minimum absolute atomic E-state index is 0.0276. The number of carbonyl (C=O) groups is 2. The second kappa shape index (κ2) is 6.04. The maximum absolute atomic E-state index is 11.9. The lowest BCUT2D eigenvalue weighted by Gasteiger charge is -2.26. The number of rotatable bonds is 4. The molecule has 1 aliphatic rings. The molecule has 2 heterocycles. The summed E-state index contributed by atoms with van der Waals surface area (Å²) in [5.41, 5.74) is 3.00. The quantitative estimate of drug-likeness (QED) is 0.747. The third-order valence-electron chi connectivity index (χ3n) is 3.64. The minimum atomic E-state index is -0.136. The van der Waals surface area contributed by atoms with Gasteiger partial charge < -0.3 is 15.5 Å². The number of aryl methyl sites for hydroxylation is 2. The van der Waals surface area contributed by atoms with Crippen LogP contribution in [-0.4, -0.2) is 52.7 Å². The van der Waals surface area contributed by atoms with E-state index < -0.39 is 0 Å². The topological polar surface area (TPSA) is 79.3 Å². The lowest BCUT2D eigenvalue weighted by molar-refractivity contribution is -0.136. The van der Waals surface area contributed by atoms with Crippen molar-refractivity contribution in [3.05, 3.63) is 17.0 Å². The summed E-state index contributed by atoms with van der Waals surface area (Å²) in [6, 6.07) is 0. The van der Waals surface area contributed by atoms with E-state index in [4.69, 9.17) is 0 Å². The molecule has 1 fully saturated rings. The Bertz CT molecular complexity index is 523. The molecule has 0 atom stereocenters. The molecule has 7 nitrogen and oxygen atoms in total. The fraction of sp³-hybridized carbons (Fsp3) is 0.615. The molecule has 1 aromatic rings. The van der Waals surface area contributed by atoms with E-state index in [-0.39, 0.29) is 18.4 Å². The smallest absolute Gasteiger partial charge is 0.239 e. The first-order valence-corrected chi connectivity index (χ1v) is 6.73. The third-order valence-corrected chi connectivity index (χ3v) is 3.64. The molecule has 1 aromatic heterocycles. The number of nitrogens with zero attached hydrogens (tertiary/aromatic N) is 3. The number of hydrogen-bond donors (Lipinski definition) is 2. The van der Waals surface area contributed by atoms with Gasteiger partial charge in [0.15, 0.2) is 0 Å². The highest BCUT2D eigenvalue weighted by Crippen LogP contribution is 2.11. The Morgan fingerprint density at radius 3 is 2.80 bits per heavy atom. The van der Waals surface area contributed by atoms with E-state index in [1.54, 1.807) is 9.58 Å². The molecule has 2 rings (SSSR count). The molecular formula is C13H21N5O2. The first kappa shape index (κ1) is 14.5. The van der Waals surface area contributed by atoms with E-state index in [2.05, 4.69) is 15.7 Å². The van der Waals surface area contributed by atoms with Gasteiger partial charge in [0.2, 0.25) is 11.8 Å². The number of amides is 2. The monoisotopic (exact) mass is 279 g/mol. The lowest BCUT2D eigenvalue weighted by Crippen LogP contribution is -2.51. The van der Waals surface area contributed by atoms with Crippen molar-refractivity contribution < 1.29 is 9.59 Å². The van der Waals surface area contributed by atoms with Gasteiger partial charge in [-0.2, -0.15) is 5.10 Å². The lowest BCUT2D eigenvalue weighted by atomic mass is 10.2. The number of aromatic nitrogens is 2. The second-order valence-corrected chi connectivity index (χ2v) is 5.04. The highest BCUT2D eigenvalue weighted by Gasteiger charge is 2.20. The largest absolute Gasteiger partial charge is 0.350 e. The van der Waals surface area contributed by atoms with Crippen LogP contribution in [0, 0.1) is 13.8 Å². The van der Waals surface area contributed by atoms with Gasteiger partial charge in [-0.3, -0.25) is 14.3 Å². The van der Waals surface area contributed by atoms with Gasteiger partial charge in [0.05, 0.1) is 18.8 Å². The van der Waals surface area contributed by atoms with Crippen molar-refractivity contribution in [3.8, 4) is 0 Å². The van der Waals surface area contributed by atoms with Crippen molar-refractivity contribution in [2.24, 2.45) is 7.05 Å². The van der Waals surface area contributed by atoms with Crippen LogP contribution in [0.4, 0.5) is 0 Å². The number of piperazine rings is 1. The molecule has 1 saturated heterocycles. The van der Waals surface area contributed by atoms with Gasteiger partial charge in [-0.15, -0.1) is 0 Å². The fourth-order valence-corrected chi connectivity index (χ4v) is 2.30. The van der Waals surface area contributed by atoms with Crippen LogP contribution in [0.2, 0.25) is 0 Å². The predicted octanol–water partition coefficient (Wildman–Crippen LogP) is -0.915. The van der Waals surface area contributed by atoms with Gasteiger partial charge in [-0.05, 0) is 13.8 Å². The molecule has 0 bridgehead atoms. The summed E-state index contributed by atoms with van der Waals surface area (Å²) in [5, 5.41) is 10.1. The van der Waals surface area contributed by atoms with Crippen LogP contribution < -0.4 is 10.6 Å². The highest BCUT2D eigenvalue weighted by atomic mass is 16.2. The summed E-state index contributed by atoms with van der Waals surface area (Å²) >= 11 is 0. The summed E-state index contributed by atoms with van der Waals surface area (Å²) in [6.07, 6.45) is 0. The van der Waals surface area contributed by atoms with Crippen molar-refractivity contribution in [3.63, 3.8) is 0 Å². The van der Waals surface area contributed by atoms with E-state index in [0.717, 1.165) is 23.5 Å². The normalized spacial score (nSPS) is 15.6. The van der Waals surface area contributed by atoms with Crippen LogP contribution in [0.1, 0.15) is 17.0 Å². The minimum Gasteiger partial charge on any atom is -0.350 e. The molecule has 110 valence electrons. The van der Waals surface area contributed by atoms with Crippen LogP contribution in [0.25, 0.3) is 0 Å². The van der Waals surface area contributed by atoms with Crippen LogP contribution >= 0.6 is 0 Å². The van der Waals surface area contributed by atoms with Crippen LogP contribution in [0.3, 0.4) is 0 Å². The molecule has 0 radical (unpaired) electrons. The molecule has 2 N–H and O–H groups in total. The zero-order valence-corrected chi connectivity index (χ0v) is 12.2. The molecule has 20 heavy (non-hydrogen) atoms. The zero-order chi connectivity index (χ0) is 14.7. The number of hydrogen-bond acceptors (Lipinski definition) is 4. The Morgan fingerprint density at radius 1 is 1.45 bits per heavy atom. The molecule has 2 amide bonds. The van der Waals surface area contributed by atoms with Gasteiger partial charge in [0.25, 0.3) is 0 Å². The first-order chi connectivity index (χ1) is 9.49. The molecule has 7 heteroatoms. The summed E-state index contributed by atoms with van der Waals surface area (Å²) in [5.74, 6) is -0.164. The summed E-state index contributed by atoms with van der Waals surface area (Å²) < 4.78 is 1.80. The molecule has 0 spiro atoms. The van der Waals surface area contributed by atoms with E-state index in [9.17, 15) is 9.59 Å². The average molecular weight is 279 g/mol. The highest BCUT2D eigenvalue weighted by molar-refractivity contribution is 5.86. The maximum Gasteiger partial charge on any atom is 0.239 e. The van der Waals surface area contributed by atoms with Gasteiger partial charge in [-0.25, -0.2) is 0 Å². The van der Waals surface area contributed by atoms with Crippen molar-refractivity contribution in [2.75, 3.05) is 26.2 Å². The van der Waals surface area contributed by atoms with E-state index in [1.807, 2.05) is 20.9 Å². The van der Waals surface area contributed by atoms with Crippen molar-refractivity contribution in [1.82, 2.24) is 25.3 Å². The van der Waals surface area contributed by atoms with E-state index in [1.165, 1.54) is 0 Å². The van der Waals surface area contributed by atoms with E-state index >= 15 is 0 Å². The number of nitrogens with one attached hydrogen (secondary N) is 2. The molecule has 0 saturated carbocycles. The first-order valence-electron chi connectivity index (χ1n) is 6.73. The summed E-state index contributed by atoms with van der Waals surface area (Å²) in [4.78, 5) is 25.1. The Kier molecular flexibility index (Phi) is 4.39. The molecular weight excluding hydrogens is 258 g/mol. The van der Waals surface area contributed by atoms with Crippen LogP contribution in [0.5, 0.6) is 0 Å². The van der Waals surface area contributed by atoms with Gasteiger partial charge in [0.1, 0.15) is 0 Å². The zero-order valence-electron chi connectivity index (χ0n) is 12.2. The SMILES string of the molecule is Cc1nn(C)c(C)c1CNC(=O)CN1CCNCC1=O. The molecule has 0 unspecified atom stereocenters. The van der Waals surface area contributed by atoms with Crippen molar-refractivity contribution in [1.29, 1.82) is 0 Å². The van der Waals surface area contributed by atoms with Gasteiger partial charge in [0, 0.05) is 37.9 Å². The van der Waals surface area contributed by atoms with Crippen LogP contribution in [-0.2, 0) is 23.2 Å². The molecule has 0 aromatic carbocycles. The fourth-order valence-electron chi connectivity index (χ4n) is 2.30. The van der Waals surface area contributed by atoms with Crippen LogP contribution in [0.15, 0.2) is 0 Å². The van der Waals surface area contributed by atoms with Crippen molar-refractivity contribution in [2.45, 2.75) is 20.4 Å². The van der Waals surface area contributed by atoms with Gasteiger partial charge in [-0.1, -0.05) is 0 Å². The molecule has 0 aliphatic carbocycles. The second-order valence-electron chi connectivity index (χ2n) is 5.04. The van der Waals surface area contributed by atoms with Crippen molar-refractivity contribution >= 4 is 11.8 Å². The number of carbonyl (C=O) groups excluding carboxylic acids is 2.